The number of carboxylic acid groups (broad SMARTS) is 1. The van der Waals surface area contributed by atoms with E-state index < -0.39 is 27.5 Å². The Morgan fingerprint density at radius 2 is 2.11 bits per heavy atom. The summed E-state index contributed by atoms with van der Waals surface area (Å²) in [4.78, 5) is 21.8. The Morgan fingerprint density at radius 1 is 1.47 bits per heavy atom. The maximum atomic E-state index is 11.9. The third-order valence-corrected chi connectivity index (χ3v) is 5.00. The first-order chi connectivity index (χ1) is 8.71. The lowest BCUT2D eigenvalue weighted by molar-refractivity contribution is -0.142. The monoisotopic (exact) mass is 294 g/mol. The van der Waals surface area contributed by atoms with Crippen LogP contribution in [0, 0.1) is 0 Å². The molecule has 0 aromatic heterocycles. The fourth-order valence-corrected chi connectivity index (χ4v) is 3.40. The summed E-state index contributed by atoms with van der Waals surface area (Å²) in [7, 11) is -2.36. The van der Waals surface area contributed by atoms with Crippen LogP contribution in [-0.2, 0) is 24.3 Å². The molecule has 1 unspecified atom stereocenters. The molecule has 9 heteroatoms. The third kappa shape index (κ3) is 3.88. The summed E-state index contributed by atoms with van der Waals surface area (Å²) in [5.74, 6) is -1.91. The first-order valence-corrected chi connectivity index (χ1v) is 7.39. The van der Waals surface area contributed by atoms with E-state index in [9.17, 15) is 18.0 Å². The second-order valence-electron chi connectivity index (χ2n) is 4.54. The van der Waals surface area contributed by atoms with Gasteiger partial charge in [0.15, 0.2) is 0 Å². The Balaban J connectivity index is 2.56. The highest BCUT2D eigenvalue weighted by atomic mass is 32.2. The molecular formula is C10H18N2O6S. The number of nitrogens with two attached hydrogens (primary N) is 1. The van der Waals surface area contributed by atoms with Crippen LogP contribution >= 0.6 is 0 Å². The van der Waals surface area contributed by atoms with Gasteiger partial charge in [-0.3, -0.25) is 9.59 Å². The summed E-state index contributed by atoms with van der Waals surface area (Å²) in [6.07, 6.45) is 0.227. The first-order valence-electron chi connectivity index (χ1n) is 5.78. The van der Waals surface area contributed by atoms with Crippen molar-refractivity contribution in [3.63, 3.8) is 0 Å². The minimum Gasteiger partial charge on any atom is -0.480 e. The number of aliphatic carboxylic acids is 1. The van der Waals surface area contributed by atoms with Gasteiger partial charge in [-0.15, -0.1) is 0 Å². The molecule has 1 heterocycles. The number of methoxy groups -OCH3 is 1. The highest BCUT2D eigenvalue weighted by Crippen LogP contribution is 2.22. The number of carboxylic acids is 1. The average molecular weight is 294 g/mol. The summed E-state index contributed by atoms with van der Waals surface area (Å²) in [5, 5.41) is 8.93. The molecule has 1 fully saturated rings. The van der Waals surface area contributed by atoms with E-state index in [1.807, 2.05) is 0 Å². The van der Waals surface area contributed by atoms with Crippen LogP contribution in [0.4, 0.5) is 0 Å². The topological polar surface area (TPSA) is 127 Å². The van der Waals surface area contributed by atoms with Crippen molar-refractivity contribution in [3.05, 3.63) is 0 Å². The van der Waals surface area contributed by atoms with E-state index in [0.29, 0.717) is 0 Å². The minimum atomic E-state index is -3.59. The molecule has 1 rings (SSSR count). The van der Waals surface area contributed by atoms with Gasteiger partial charge in [0, 0.05) is 19.5 Å². The van der Waals surface area contributed by atoms with Gasteiger partial charge in [-0.25, -0.2) is 8.42 Å². The summed E-state index contributed by atoms with van der Waals surface area (Å²) in [6.45, 7) is -0.147. The molecule has 0 aliphatic carbocycles. The molecule has 1 atom stereocenters. The standard InChI is InChI=1S/C10H18N2O6S/c1-18-8(13)3-2-6-19(16,17)12-5-4-10(11,7-12)9(14)15/h2-7,11H2,1H3,(H,14,15). The molecule has 0 amide bonds. The Kier molecular flexibility index (Phi) is 4.88. The van der Waals surface area contributed by atoms with Gasteiger partial charge in [0.25, 0.3) is 0 Å². The predicted molar refractivity (Wildman–Crippen MR) is 65.8 cm³/mol. The molecule has 1 aliphatic rings. The zero-order valence-corrected chi connectivity index (χ0v) is 11.5. The summed E-state index contributed by atoms with van der Waals surface area (Å²) in [5.41, 5.74) is 4.09. The quantitative estimate of drug-likeness (QED) is 0.586. The van der Waals surface area contributed by atoms with Crippen LogP contribution in [0.1, 0.15) is 19.3 Å². The first kappa shape index (κ1) is 15.9. The molecule has 0 saturated carbocycles. The van der Waals surface area contributed by atoms with Crippen LogP contribution in [0.15, 0.2) is 0 Å². The predicted octanol–water partition coefficient (Wildman–Crippen LogP) is -1.24. The van der Waals surface area contributed by atoms with Gasteiger partial charge < -0.3 is 15.6 Å². The maximum Gasteiger partial charge on any atom is 0.325 e. The molecule has 0 radical (unpaired) electrons. The van der Waals surface area contributed by atoms with Crippen LogP contribution in [0.3, 0.4) is 0 Å². The van der Waals surface area contributed by atoms with E-state index in [4.69, 9.17) is 10.8 Å². The van der Waals surface area contributed by atoms with Crippen molar-refractivity contribution in [2.24, 2.45) is 5.73 Å². The van der Waals surface area contributed by atoms with E-state index in [2.05, 4.69) is 4.74 Å². The molecule has 0 spiro atoms. The van der Waals surface area contributed by atoms with Gasteiger partial charge in [0.2, 0.25) is 10.0 Å². The van der Waals surface area contributed by atoms with Crippen molar-refractivity contribution in [3.8, 4) is 0 Å². The number of hydrogen-bond acceptors (Lipinski definition) is 6. The molecule has 19 heavy (non-hydrogen) atoms. The SMILES string of the molecule is COC(=O)CCCS(=O)(=O)N1CCC(N)(C(=O)O)C1. The number of nitrogens with zero attached hydrogens (tertiary/aromatic N) is 1. The third-order valence-electron chi connectivity index (χ3n) is 3.10. The summed E-state index contributed by atoms with van der Waals surface area (Å²) in [6, 6.07) is 0. The van der Waals surface area contributed by atoms with Gasteiger partial charge in [0.05, 0.1) is 12.9 Å². The molecule has 1 aliphatic heterocycles. The van der Waals surface area contributed by atoms with Crippen molar-refractivity contribution >= 4 is 22.0 Å². The molecule has 3 N–H and O–H groups in total. The minimum absolute atomic E-state index is 0.0102. The van der Waals surface area contributed by atoms with Gasteiger partial charge in [-0.05, 0) is 12.8 Å². The normalized spacial score (nSPS) is 24.3. The van der Waals surface area contributed by atoms with E-state index in [-0.39, 0.29) is 38.1 Å². The molecule has 110 valence electrons. The van der Waals surface area contributed by atoms with Crippen LogP contribution in [0.25, 0.3) is 0 Å². The number of ether oxygens (including phenoxy) is 1. The van der Waals surface area contributed by atoms with Crippen LogP contribution in [-0.4, -0.2) is 61.3 Å². The Morgan fingerprint density at radius 3 is 2.58 bits per heavy atom. The lowest BCUT2D eigenvalue weighted by Gasteiger charge is -2.19. The molecule has 0 bridgehead atoms. The van der Waals surface area contributed by atoms with Crippen molar-refractivity contribution in [2.75, 3.05) is 26.0 Å². The highest BCUT2D eigenvalue weighted by Gasteiger charge is 2.44. The molecule has 1 saturated heterocycles. The van der Waals surface area contributed by atoms with Crippen molar-refractivity contribution in [2.45, 2.75) is 24.8 Å². The van der Waals surface area contributed by atoms with Gasteiger partial charge in [0.1, 0.15) is 5.54 Å². The van der Waals surface area contributed by atoms with Crippen LogP contribution in [0.2, 0.25) is 0 Å². The lowest BCUT2D eigenvalue weighted by atomic mass is 10.0. The lowest BCUT2D eigenvalue weighted by Crippen LogP contribution is -2.50. The Hall–Kier alpha value is -1.19. The average Bonchev–Trinajstić information content (AvgIpc) is 2.73. The highest BCUT2D eigenvalue weighted by molar-refractivity contribution is 7.89. The fourth-order valence-electron chi connectivity index (χ4n) is 1.84. The second kappa shape index (κ2) is 5.85. The number of sulfonamides is 1. The van der Waals surface area contributed by atoms with E-state index in [1.54, 1.807) is 0 Å². The fraction of sp³-hybridized carbons (Fsp3) is 0.800. The maximum absolute atomic E-state index is 11.9. The Labute approximate surface area is 111 Å². The summed E-state index contributed by atoms with van der Waals surface area (Å²) >= 11 is 0. The van der Waals surface area contributed by atoms with Crippen molar-refractivity contribution in [1.82, 2.24) is 4.31 Å². The van der Waals surface area contributed by atoms with Gasteiger partial charge in [-0.2, -0.15) is 4.31 Å². The van der Waals surface area contributed by atoms with Crippen molar-refractivity contribution in [1.29, 1.82) is 0 Å². The molecular weight excluding hydrogens is 276 g/mol. The number of carbonyl (C=O) groups is 2. The zero-order valence-electron chi connectivity index (χ0n) is 10.7. The van der Waals surface area contributed by atoms with Crippen LogP contribution < -0.4 is 5.73 Å². The molecule has 0 aromatic rings. The number of hydrogen-bond donors (Lipinski definition) is 2. The number of esters is 1. The zero-order chi connectivity index (χ0) is 14.7. The van der Waals surface area contributed by atoms with E-state index in [0.717, 1.165) is 4.31 Å². The van der Waals surface area contributed by atoms with E-state index >= 15 is 0 Å². The van der Waals surface area contributed by atoms with Gasteiger partial charge >= 0.3 is 11.9 Å². The molecule has 0 aromatic carbocycles. The smallest absolute Gasteiger partial charge is 0.325 e. The van der Waals surface area contributed by atoms with Crippen molar-refractivity contribution < 1.29 is 27.9 Å². The largest absolute Gasteiger partial charge is 0.480 e. The number of rotatable bonds is 6. The van der Waals surface area contributed by atoms with Crippen LogP contribution in [0.5, 0.6) is 0 Å². The summed E-state index contributed by atoms with van der Waals surface area (Å²) < 4.78 is 29.4. The molecule has 8 nitrogen and oxygen atoms in total. The van der Waals surface area contributed by atoms with Gasteiger partial charge in [-0.1, -0.05) is 0 Å². The second-order valence-corrected chi connectivity index (χ2v) is 6.63. The van der Waals surface area contributed by atoms with E-state index in [1.165, 1.54) is 7.11 Å². The number of carbonyl (C=O) groups excluding carboxylic acids is 1. The Bertz CT molecular complexity index is 463.